The van der Waals surface area contributed by atoms with Crippen molar-refractivity contribution in [2.45, 2.75) is 26.3 Å². The minimum Gasteiger partial charge on any atom is -0.362 e. The van der Waals surface area contributed by atoms with Gasteiger partial charge in [0.25, 0.3) is 5.91 Å². The third-order valence-electron chi connectivity index (χ3n) is 4.17. The summed E-state index contributed by atoms with van der Waals surface area (Å²) in [5.74, 6) is 0.356. The van der Waals surface area contributed by atoms with Gasteiger partial charge in [-0.3, -0.25) is 4.79 Å². The second-order valence-electron chi connectivity index (χ2n) is 6.07. The molecule has 26 heavy (non-hydrogen) atoms. The zero-order chi connectivity index (χ0) is 18.4. The van der Waals surface area contributed by atoms with Crippen LogP contribution in [0.5, 0.6) is 0 Å². The number of carbonyl (C=O) groups is 1. The molecule has 5 heteroatoms. The summed E-state index contributed by atoms with van der Waals surface area (Å²) < 4.78 is 0. The molecule has 1 unspecified atom stereocenters. The Bertz CT molecular complexity index is 845. The molecule has 5 nitrogen and oxygen atoms in total. The van der Waals surface area contributed by atoms with E-state index in [1.54, 1.807) is 6.20 Å². The zero-order valence-electron chi connectivity index (χ0n) is 14.9. The van der Waals surface area contributed by atoms with Crippen molar-refractivity contribution in [3.8, 4) is 0 Å². The molecule has 0 aliphatic rings. The van der Waals surface area contributed by atoms with E-state index < -0.39 is 0 Å². The molecule has 1 aromatic heterocycles. The van der Waals surface area contributed by atoms with Gasteiger partial charge in [-0.25, -0.2) is 9.97 Å². The zero-order valence-corrected chi connectivity index (χ0v) is 14.9. The molecule has 0 radical (unpaired) electrons. The monoisotopic (exact) mass is 346 g/mol. The molecule has 3 aromatic rings. The topological polar surface area (TPSA) is 66.9 Å². The van der Waals surface area contributed by atoms with Gasteiger partial charge in [0, 0.05) is 11.7 Å². The van der Waals surface area contributed by atoms with E-state index in [-0.39, 0.29) is 17.6 Å². The summed E-state index contributed by atoms with van der Waals surface area (Å²) in [6.45, 7) is 4.15. The average molecular weight is 346 g/mol. The van der Waals surface area contributed by atoms with Crippen molar-refractivity contribution in [3.05, 3.63) is 83.8 Å². The van der Waals surface area contributed by atoms with Crippen LogP contribution in [0.3, 0.4) is 0 Å². The van der Waals surface area contributed by atoms with Gasteiger partial charge in [0.05, 0.1) is 12.4 Å². The van der Waals surface area contributed by atoms with Crippen LogP contribution in [0.25, 0.3) is 0 Å². The van der Waals surface area contributed by atoms with Crippen molar-refractivity contribution in [3.63, 3.8) is 0 Å². The summed E-state index contributed by atoms with van der Waals surface area (Å²) >= 11 is 0. The molecule has 0 spiro atoms. The molecule has 0 aliphatic carbocycles. The Labute approximate surface area is 153 Å². The molecule has 0 saturated carbocycles. The first kappa shape index (κ1) is 17.6. The van der Waals surface area contributed by atoms with E-state index in [4.69, 9.17) is 0 Å². The van der Waals surface area contributed by atoms with Crippen LogP contribution in [0, 0.1) is 0 Å². The maximum absolute atomic E-state index is 12.3. The molecule has 132 valence electrons. The fourth-order valence-corrected chi connectivity index (χ4v) is 2.59. The van der Waals surface area contributed by atoms with Gasteiger partial charge in [-0.15, -0.1) is 0 Å². The number of nitrogens with zero attached hydrogens (tertiary/aromatic N) is 2. The van der Waals surface area contributed by atoms with Crippen molar-refractivity contribution < 1.29 is 4.79 Å². The number of aromatic nitrogens is 2. The number of aryl methyl sites for hydroxylation is 1. The van der Waals surface area contributed by atoms with Crippen molar-refractivity contribution in [1.82, 2.24) is 9.97 Å². The standard InChI is InChI=1S/C21H22N4O/c1-3-16-9-11-18(12-10-16)25-21(26)19-13-23-20(14-22-19)24-15(2)17-7-5-4-6-8-17/h4-15H,3H2,1-2H3,(H,23,24)(H,25,26). The Kier molecular flexibility index (Phi) is 5.59. The second kappa shape index (κ2) is 8.25. The maximum Gasteiger partial charge on any atom is 0.275 e. The van der Waals surface area contributed by atoms with Gasteiger partial charge in [-0.1, -0.05) is 49.4 Å². The lowest BCUT2D eigenvalue weighted by molar-refractivity contribution is 0.102. The summed E-state index contributed by atoms with van der Waals surface area (Å²) in [4.78, 5) is 20.8. The molecular formula is C21H22N4O. The van der Waals surface area contributed by atoms with Gasteiger partial charge in [0.1, 0.15) is 11.5 Å². The predicted octanol–water partition coefficient (Wildman–Crippen LogP) is 4.46. The van der Waals surface area contributed by atoms with Gasteiger partial charge in [-0.2, -0.15) is 0 Å². The molecular weight excluding hydrogens is 324 g/mol. The summed E-state index contributed by atoms with van der Waals surface area (Å²) in [6.07, 6.45) is 4.03. The number of benzene rings is 2. The average Bonchev–Trinajstić information content (AvgIpc) is 2.69. The molecule has 3 rings (SSSR count). The highest BCUT2D eigenvalue weighted by atomic mass is 16.1. The summed E-state index contributed by atoms with van der Waals surface area (Å²) in [5, 5.41) is 6.12. The first-order valence-electron chi connectivity index (χ1n) is 8.69. The van der Waals surface area contributed by atoms with Crippen LogP contribution in [-0.4, -0.2) is 15.9 Å². The number of nitrogens with one attached hydrogen (secondary N) is 2. The van der Waals surface area contributed by atoms with E-state index in [0.29, 0.717) is 5.82 Å². The molecule has 0 aliphatic heterocycles. The van der Waals surface area contributed by atoms with Gasteiger partial charge < -0.3 is 10.6 Å². The Balaban J connectivity index is 1.62. The van der Waals surface area contributed by atoms with E-state index in [0.717, 1.165) is 17.7 Å². The van der Waals surface area contributed by atoms with Crippen molar-refractivity contribution in [1.29, 1.82) is 0 Å². The fraction of sp³-hybridized carbons (Fsp3) is 0.190. The maximum atomic E-state index is 12.3. The quantitative estimate of drug-likeness (QED) is 0.691. The van der Waals surface area contributed by atoms with E-state index >= 15 is 0 Å². The van der Waals surface area contributed by atoms with Crippen molar-refractivity contribution in [2.24, 2.45) is 0 Å². The Morgan fingerprint density at radius 1 is 1.00 bits per heavy atom. The van der Waals surface area contributed by atoms with Crippen LogP contribution >= 0.6 is 0 Å². The highest BCUT2D eigenvalue weighted by molar-refractivity contribution is 6.02. The number of carbonyl (C=O) groups excluding carboxylic acids is 1. The number of anilines is 2. The lowest BCUT2D eigenvalue weighted by atomic mass is 10.1. The van der Waals surface area contributed by atoms with E-state index in [1.165, 1.54) is 11.8 Å². The second-order valence-corrected chi connectivity index (χ2v) is 6.07. The lowest BCUT2D eigenvalue weighted by Crippen LogP contribution is -2.15. The largest absolute Gasteiger partial charge is 0.362 e. The summed E-state index contributed by atoms with van der Waals surface area (Å²) in [5.41, 5.74) is 3.41. The molecule has 2 N–H and O–H groups in total. The Hall–Kier alpha value is -3.21. The third kappa shape index (κ3) is 4.45. The van der Waals surface area contributed by atoms with Crippen LogP contribution in [0.2, 0.25) is 0 Å². The Morgan fingerprint density at radius 3 is 2.35 bits per heavy atom. The highest BCUT2D eigenvalue weighted by Gasteiger charge is 2.10. The fourth-order valence-electron chi connectivity index (χ4n) is 2.59. The molecule has 0 saturated heterocycles. The molecule has 0 bridgehead atoms. The first-order valence-corrected chi connectivity index (χ1v) is 8.69. The molecule has 1 amide bonds. The van der Waals surface area contributed by atoms with Gasteiger partial charge in [-0.05, 0) is 36.6 Å². The van der Waals surface area contributed by atoms with Crippen LogP contribution in [0.4, 0.5) is 11.5 Å². The Morgan fingerprint density at radius 2 is 1.73 bits per heavy atom. The third-order valence-corrected chi connectivity index (χ3v) is 4.17. The first-order chi connectivity index (χ1) is 12.7. The molecule has 2 aromatic carbocycles. The predicted molar refractivity (Wildman–Crippen MR) is 104 cm³/mol. The number of hydrogen-bond donors (Lipinski definition) is 2. The van der Waals surface area contributed by atoms with Crippen LogP contribution in [0.15, 0.2) is 67.0 Å². The number of amides is 1. The van der Waals surface area contributed by atoms with Crippen molar-refractivity contribution >= 4 is 17.4 Å². The van der Waals surface area contributed by atoms with E-state index in [2.05, 4.69) is 46.6 Å². The van der Waals surface area contributed by atoms with Gasteiger partial charge >= 0.3 is 0 Å². The minimum absolute atomic E-state index is 0.0993. The normalized spacial score (nSPS) is 11.6. The smallest absolute Gasteiger partial charge is 0.275 e. The van der Waals surface area contributed by atoms with Gasteiger partial charge in [0.15, 0.2) is 0 Å². The number of rotatable bonds is 6. The van der Waals surface area contributed by atoms with E-state index in [1.807, 2.05) is 42.5 Å². The molecule has 1 heterocycles. The van der Waals surface area contributed by atoms with Crippen LogP contribution < -0.4 is 10.6 Å². The molecule has 0 fully saturated rings. The summed E-state index contributed by atoms with van der Waals surface area (Å²) in [6, 6.07) is 18.0. The van der Waals surface area contributed by atoms with E-state index in [9.17, 15) is 4.79 Å². The van der Waals surface area contributed by atoms with Crippen molar-refractivity contribution in [2.75, 3.05) is 10.6 Å². The molecule has 1 atom stereocenters. The van der Waals surface area contributed by atoms with Crippen LogP contribution in [0.1, 0.15) is 41.5 Å². The SMILES string of the molecule is CCc1ccc(NC(=O)c2cnc(NC(C)c3ccccc3)cn2)cc1. The highest BCUT2D eigenvalue weighted by Crippen LogP contribution is 2.17. The lowest BCUT2D eigenvalue weighted by Gasteiger charge is -2.14. The summed E-state index contributed by atoms with van der Waals surface area (Å²) in [7, 11) is 0. The minimum atomic E-state index is -0.274. The van der Waals surface area contributed by atoms with Gasteiger partial charge in [0.2, 0.25) is 0 Å². The van der Waals surface area contributed by atoms with Crippen LogP contribution in [-0.2, 0) is 6.42 Å². The number of hydrogen-bond acceptors (Lipinski definition) is 4.